The van der Waals surface area contributed by atoms with Crippen molar-refractivity contribution in [2.24, 2.45) is 10.9 Å². The van der Waals surface area contributed by atoms with E-state index in [1.54, 1.807) is 9.24 Å². The Morgan fingerprint density at radius 2 is 2.20 bits per heavy atom. The summed E-state index contributed by atoms with van der Waals surface area (Å²) in [6.07, 6.45) is 0. The fourth-order valence-electron chi connectivity index (χ4n) is 0. The number of hydrogen-bond acceptors (Lipinski definition) is 3. The van der Waals surface area contributed by atoms with Gasteiger partial charge in [-0.25, -0.2) is 0 Å². The van der Waals surface area contributed by atoms with Gasteiger partial charge in [0.25, 0.3) is 0 Å². The highest BCUT2D eigenvalue weighted by Crippen LogP contribution is 1.70. The van der Waals surface area contributed by atoms with Crippen LogP contribution in [-0.2, 0) is 0 Å². The number of hydrogen-bond donors (Lipinski definition) is 1. The number of rotatable bonds is 0. The van der Waals surface area contributed by atoms with Crippen molar-refractivity contribution in [1.82, 2.24) is 0 Å². The molecule has 0 radical (unpaired) electrons. The van der Waals surface area contributed by atoms with Gasteiger partial charge in [0.1, 0.15) is 0 Å². The SMILES string of the molecule is NN=C([O-])P. The molecule has 2 N–H and O–H groups in total. The summed E-state index contributed by atoms with van der Waals surface area (Å²) in [7, 11) is 1.80. The number of nitrogens with two attached hydrogens (primary N) is 1. The molecule has 0 aromatic carbocycles. The molecule has 0 spiro atoms. The molecule has 0 heterocycles. The van der Waals surface area contributed by atoms with Crippen molar-refractivity contribution in [1.29, 1.82) is 0 Å². The van der Waals surface area contributed by atoms with E-state index in [1.165, 1.54) is 0 Å². The zero-order valence-electron chi connectivity index (χ0n) is 2.51. The third kappa shape index (κ3) is 3.70. The van der Waals surface area contributed by atoms with E-state index >= 15 is 0 Å². The quantitative estimate of drug-likeness (QED) is 0.129. The summed E-state index contributed by atoms with van der Waals surface area (Å²) in [5.74, 6) is 4.43. The first kappa shape index (κ1) is 4.70. The molecule has 0 saturated heterocycles. The minimum Gasteiger partial charge on any atom is -0.857 e. The van der Waals surface area contributed by atoms with E-state index in [0.717, 1.165) is 0 Å². The van der Waals surface area contributed by atoms with Crippen molar-refractivity contribution in [3.63, 3.8) is 0 Å². The van der Waals surface area contributed by atoms with E-state index < -0.39 is 5.64 Å². The Kier molecular flexibility index (Phi) is 1.85. The van der Waals surface area contributed by atoms with E-state index in [9.17, 15) is 5.11 Å². The lowest BCUT2D eigenvalue weighted by Gasteiger charge is -1.93. The average molecular weight is 91.0 g/mol. The summed E-state index contributed by atoms with van der Waals surface area (Å²) in [4.78, 5) is 0. The minimum absolute atomic E-state index is 0.426. The monoisotopic (exact) mass is 91.0 g/mol. The van der Waals surface area contributed by atoms with Gasteiger partial charge in [-0.3, -0.25) is 0 Å². The van der Waals surface area contributed by atoms with Gasteiger partial charge in [0.2, 0.25) is 0 Å². The van der Waals surface area contributed by atoms with Crippen LogP contribution in [0.4, 0.5) is 0 Å². The van der Waals surface area contributed by atoms with Crippen molar-refractivity contribution < 1.29 is 5.11 Å². The van der Waals surface area contributed by atoms with Crippen LogP contribution in [0.25, 0.3) is 0 Å². The van der Waals surface area contributed by atoms with Crippen LogP contribution in [0.5, 0.6) is 0 Å². The van der Waals surface area contributed by atoms with Crippen LogP contribution in [-0.4, -0.2) is 5.64 Å². The predicted octanol–water partition coefficient (Wildman–Crippen LogP) is -1.55. The second-order valence-corrected chi connectivity index (χ2v) is 0.961. The van der Waals surface area contributed by atoms with E-state index in [4.69, 9.17) is 0 Å². The summed E-state index contributed by atoms with van der Waals surface area (Å²) in [5.41, 5.74) is -0.426. The molecule has 0 saturated carbocycles. The molecule has 0 aliphatic heterocycles. The van der Waals surface area contributed by atoms with Crippen molar-refractivity contribution >= 4 is 14.9 Å². The van der Waals surface area contributed by atoms with Crippen molar-refractivity contribution in [2.75, 3.05) is 0 Å². The summed E-state index contributed by atoms with van der Waals surface area (Å²) < 4.78 is 0. The molecule has 3 nitrogen and oxygen atoms in total. The molecular weight excluding hydrogens is 87.0 g/mol. The third-order valence-corrected chi connectivity index (χ3v) is 0.276. The standard InChI is InChI=1S/CH5N2OP/c2-3-1(4)5/h2,5H2,(H,3,4)/p-1. The Morgan fingerprint density at radius 1 is 2.00 bits per heavy atom. The molecule has 4 heteroatoms. The molecule has 0 fully saturated rings. The molecule has 30 valence electrons. The van der Waals surface area contributed by atoms with E-state index in [0.29, 0.717) is 0 Å². The molecule has 0 amide bonds. The maximum Gasteiger partial charge on any atom is 0.00230 e. The minimum atomic E-state index is -0.426. The molecule has 0 aromatic rings. The Bertz CT molecular complexity index is 47.6. The molecule has 0 rings (SSSR count). The predicted molar refractivity (Wildman–Crippen MR) is 21.3 cm³/mol. The Morgan fingerprint density at radius 3 is 2.20 bits per heavy atom. The third-order valence-electron chi connectivity index (χ3n) is 0.127. The van der Waals surface area contributed by atoms with Gasteiger partial charge >= 0.3 is 0 Å². The Labute approximate surface area is 32.1 Å². The van der Waals surface area contributed by atoms with Gasteiger partial charge in [0.05, 0.1) is 0 Å². The van der Waals surface area contributed by atoms with Crippen LogP contribution in [0.3, 0.4) is 0 Å². The van der Waals surface area contributed by atoms with E-state index in [1.807, 2.05) is 0 Å². The van der Waals surface area contributed by atoms with Crippen molar-refractivity contribution in [2.45, 2.75) is 0 Å². The number of hydrazone groups is 1. The fourth-order valence-corrected chi connectivity index (χ4v) is 0. The second-order valence-electron chi connectivity index (χ2n) is 0.467. The molecule has 1 unspecified atom stereocenters. The lowest BCUT2D eigenvalue weighted by atomic mass is 11.5. The summed E-state index contributed by atoms with van der Waals surface area (Å²) in [6, 6.07) is 0. The average Bonchev–Trinajstić information content (AvgIpc) is 1.38. The molecule has 0 aliphatic rings. The highest BCUT2D eigenvalue weighted by Gasteiger charge is 1.49. The summed E-state index contributed by atoms with van der Waals surface area (Å²) >= 11 is 0. The normalized spacial score (nSPS) is 11.8. The van der Waals surface area contributed by atoms with Gasteiger partial charge in [-0.15, -0.1) is 0 Å². The van der Waals surface area contributed by atoms with E-state index in [-0.39, 0.29) is 0 Å². The number of nitrogens with zero attached hydrogens (tertiary/aromatic N) is 1. The highest BCUT2D eigenvalue weighted by molar-refractivity contribution is 7.39. The van der Waals surface area contributed by atoms with Gasteiger partial charge in [-0.1, -0.05) is 9.24 Å². The Balaban J connectivity index is 3.14. The second kappa shape index (κ2) is 1.97. The van der Waals surface area contributed by atoms with Gasteiger partial charge in [0, 0.05) is 5.64 Å². The molecule has 0 aliphatic carbocycles. The molecule has 5 heavy (non-hydrogen) atoms. The van der Waals surface area contributed by atoms with Crippen LogP contribution in [0.2, 0.25) is 0 Å². The van der Waals surface area contributed by atoms with Crippen LogP contribution in [0.1, 0.15) is 0 Å². The molecular formula is CH4N2OP-. The van der Waals surface area contributed by atoms with Crippen LogP contribution >= 0.6 is 9.24 Å². The topological polar surface area (TPSA) is 61.4 Å². The van der Waals surface area contributed by atoms with Crippen molar-refractivity contribution in [3.05, 3.63) is 0 Å². The summed E-state index contributed by atoms with van der Waals surface area (Å²) in [5, 5.41) is 12.2. The van der Waals surface area contributed by atoms with Gasteiger partial charge in [-0.2, -0.15) is 5.10 Å². The van der Waals surface area contributed by atoms with Gasteiger partial charge in [-0.05, 0) is 0 Å². The van der Waals surface area contributed by atoms with Crippen LogP contribution in [0.15, 0.2) is 5.10 Å². The first-order chi connectivity index (χ1) is 2.27. The largest absolute Gasteiger partial charge is 0.857 e. The molecule has 1 atom stereocenters. The van der Waals surface area contributed by atoms with Crippen LogP contribution in [0, 0.1) is 0 Å². The smallest absolute Gasteiger partial charge is 0.00230 e. The fraction of sp³-hybridized carbons (Fsp3) is 0. The lowest BCUT2D eigenvalue weighted by Crippen LogP contribution is -2.09. The van der Waals surface area contributed by atoms with Gasteiger partial charge < -0.3 is 10.9 Å². The van der Waals surface area contributed by atoms with E-state index in [2.05, 4.69) is 10.9 Å². The van der Waals surface area contributed by atoms with Crippen LogP contribution < -0.4 is 10.9 Å². The summed E-state index contributed by atoms with van der Waals surface area (Å²) in [6.45, 7) is 0. The maximum atomic E-state index is 9.48. The van der Waals surface area contributed by atoms with Gasteiger partial charge in [0.15, 0.2) is 0 Å². The Hall–Kier alpha value is -0.300. The zero-order chi connectivity index (χ0) is 4.28. The maximum absolute atomic E-state index is 9.48. The zero-order valence-corrected chi connectivity index (χ0v) is 3.66. The first-order valence-corrected chi connectivity index (χ1v) is 1.55. The highest BCUT2D eigenvalue weighted by atomic mass is 31.0. The molecule has 0 bridgehead atoms. The molecule has 0 aromatic heterocycles. The lowest BCUT2D eigenvalue weighted by molar-refractivity contribution is -0.206. The van der Waals surface area contributed by atoms with Crippen molar-refractivity contribution in [3.8, 4) is 0 Å². The first-order valence-electron chi connectivity index (χ1n) is 0.975.